The number of hydrogen-bond donors (Lipinski definition) is 1. The maximum absolute atomic E-state index is 12.4. The fourth-order valence-electron chi connectivity index (χ4n) is 3.23. The van der Waals surface area contributed by atoms with Crippen LogP contribution in [0, 0.1) is 0 Å². The molecule has 1 atom stereocenters. The van der Waals surface area contributed by atoms with Crippen LogP contribution < -0.4 is 10.2 Å². The zero-order chi connectivity index (χ0) is 16.5. The second-order valence-electron chi connectivity index (χ2n) is 6.04. The van der Waals surface area contributed by atoms with Crippen LogP contribution in [0.3, 0.4) is 0 Å². The zero-order valence-electron chi connectivity index (χ0n) is 13.1. The minimum Gasteiger partial charge on any atom is -0.350 e. The number of carbonyl (C=O) groups is 2. The summed E-state index contributed by atoms with van der Waals surface area (Å²) < 4.78 is 2.08. The number of para-hydroxylation sites is 1. The number of nitrogens with zero attached hydrogens (tertiary/aromatic N) is 3. The summed E-state index contributed by atoms with van der Waals surface area (Å²) in [5, 5.41) is 3.06. The van der Waals surface area contributed by atoms with Crippen molar-refractivity contribution in [2.75, 3.05) is 17.2 Å². The first kappa shape index (κ1) is 15.3. The van der Waals surface area contributed by atoms with E-state index in [2.05, 4.69) is 14.9 Å². The molecule has 1 aromatic carbocycles. The molecule has 2 amide bonds. The third-order valence-corrected chi connectivity index (χ3v) is 5.46. The van der Waals surface area contributed by atoms with Crippen LogP contribution in [0.1, 0.15) is 12.2 Å². The van der Waals surface area contributed by atoms with Gasteiger partial charge in [-0.15, -0.1) is 11.8 Å². The summed E-state index contributed by atoms with van der Waals surface area (Å²) in [5.41, 5.74) is 0.828. The number of aromatic nitrogens is 2. The maximum Gasteiger partial charge on any atom is 0.240 e. The standard InChI is InChI=1S/C17H18N4O2S/c22-16(19-12-5-6-15-18-7-8-20(15)9-12)10-21-13-3-1-2-4-14(13)24-11-17(21)23/h1-4,7-8,12H,5-6,9-11H2,(H,19,22)/t12-/m1/s1. The molecule has 6 nitrogen and oxygen atoms in total. The van der Waals surface area contributed by atoms with Crippen molar-refractivity contribution >= 4 is 29.3 Å². The zero-order valence-corrected chi connectivity index (χ0v) is 14.0. The monoisotopic (exact) mass is 342 g/mol. The summed E-state index contributed by atoms with van der Waals surface area (Å²) in [6.07, 6.45) is 5.47. The van der Waals surface area contributed by atoms with Gasteiger partial charge in [-0.2, -0.15) is 0 Å². The molecule has 124 valence electrons. The van der Waals surface area contributed by atoms with Gasteiger partial charge in [-0.05, 0) is 18.6 Å². The lowest BCUT2D eigenvalue weighted by molar-refractivity contribution is -0.123. The smallest absolute Gasteiger partial charge is 0.240 e. The topological polar surface area (TPSA) is 67.2 Å². The molecule has 0 fully saturated rings. The minimum atomic E-state index is -0.112. The summed E-state index contributed by atoms with van der Waals surface area (Å²) in [6, 6.07) is 7.81. The van der Waals surface area contributed by atoms with Gasteiger partial charge in [-0.25, -0.2) is 4.98 Å². The number of fused-ring (bicyclic) bond motifs is 2. The van der Waals surface area contributed by atoms with E-state index in [0.717, 1.165) is 35.8 Å². The molecule has 4 rings (SSSR count). The van der Waals surface area contributed by atoms with Gasteiger partial charge in [0.1, 0.15) is 12.4 Å². The number of anilines is 1. The average molecular weight is 342 g/mol. The fraction of sp³-hybridized carbons (Fsp3) is 0.353. The van der Waals surface area contributed by atoms with E-state index in [0.29, 0.717) is 5.75 Å². The quantitative estimate of drug-likeness (QED) is 0.917. The Labute approximate surface area is 144 Å². The molecular weight excluding hydrogens is 324 g/mol. The van der Waals surface area contributed by atoms with E-state index in [4.69, 9.17) is 0 Å². The summed E-state index contributed by atoms with van der Waals surface area (Å²) in [5.74, 6) is 1.32. The van der Waals surface area contributed by atoms with E-state index in [-0.39, 0.29) is 24.4 Å². The van der Waals surface area contributed by atoms with Gasteiger partial charge in [0.15, 0.2) is 0 Å². The van der Waals surface area contributed by atoms with E-state index >= 15 is 0 Å². The number of benzene rings is 1. The molecule has 0 unspecified atom stereocenters. The molecule has 0 radical (unpaired) electrons. The molecule has 2 aliphatic rings. The number of carbonyl (C=O) groups excluding carboxylic acids is 2. The lowest BCUT2D eigenvalue weighted by Crippen LogP contribution is -2.48. The van der Waals surface area contributed by atoms with E-state index in [1.165, 1.54) is 11.8 Å². The number of thioether (sulfide) groups is 1. The van der Waals surface area contributed by atoms with Gasteiger partial charge >= 0.3 is 0 Å². The van der Waals surface area contributed by atoms with E-state index < -0.39 is 0 Å². The van der Waals surface area contributed by atoms with Crippen LogP contribution in [0.5, 0.6) is 0 Å². The van der Waals surface area contributed by atoms with Crippen molar-refractivity contribution in [3.63, 3.8) is 0 Å². The largest absolute Gasteiger partial charge is 0.350 e. The van der Waals surface area contributed by atoms with Gasteiger partial charge in [0.2, 0.25) is 11.8 Å². The van der Waals surface area contributed by atoms with Gasteiger partial charge in [-0.3, -0.25) is 9.59 Å². The number of aryl methyl sites for hydroxylation is 1. The lowest BCUT2D eigenvalue weighted by atomic mass is 10.1. The SMILES string of the molecule is O=C(CN1C(=O)CSc2ccccc21)N[C@@H]1CCc2nccn2C1. The van der Waals surface area contributed by atoms with Crippen LogP contribution >= 0.6 is 11.8 Å². The van der Waals surface area contributed by atoms with Crippen molar-refractivity contribution in [3.8, 4) is 0 Å². The fourth-order valence-corrected chi connectivity index (χ4v) is 4.16. The summed E-state index contributed by atoms with van der Waals surface area (Å²) in [6.45, 7) is 0.811. The Hall–Kier alpha value is -2.28. The Kier molecular flexibility index (Phi) is 4.02. The third-order valence-electron chi connectivity index (χ3n) is 4.41. The molecule has 7 heteroatoms. The number of rotatable bonds is 3. The van der Waals surface area contributed by atoms with Crippen LogP contribution in [0.4, 0.5) is 5.69 Å². The summed E-state index contributed by atoms with van der Waals surface area (Å²) in [4.78, 5) is 31.6. The first-order valence-electron chi connectivity index (χ1n) is 8.02. The molecule has 1 aromatic heterocycles. The van der Waals surface area contributed by atoms with Gasteiger partial charge in [0, 0.05) is 36.3 Å². The Morgan fingerprint density at radius 2 is 2.25 bits per heavy atom. The first-order chi connectivity index (χ1) is 11.7. The summed E-state index contributed by atoms with van der Waals surface area (Å²) in [7, 11) is 0. The molecule has 0 saturated heterocycles. The Morgan fingerprint density at radius 1 is 1.38 bits per heavy atom. The molecule has 1 N–H and O–H groups in total. The highest BCUT2D eigenvalue weighted by atomic mass is 32.2. The molecule has 0 aliphatic carbocycles. The van der Waals surface area contributed by atoms with E-state index in [9.17, 15) is 9.59 Å². The van der Waals surface area contributed by atoms with Crippen molar-refractivity contribution in [1.82, 2.24) is 14.9 Å². The number of imidazole rings is 1. The molecule has 2 aromatic rings. The van der Waals surface area contributed by atoms with E-state index in [1.54, 1.807) is 11.1 Å². The van der Waals surface area contributed by atoms with Crippen molar-refractivity contribution in [1.29, 1.82) is 0 Å². The molecule has 0 saturated carbocycles. The molecule has 0 bridgehead atoms. The molecule has 0 spiro atoms. The van der Waals surface area contributed by atoms with Crippen molar-refractivity contribution < 1.29 is 9.59 Å². The Morgan fingerprint density at radius 3 is 3.17 bits per heavy atom. The predicted molar refractivity (Wildman–Crippen MR) is 92.0 cm³/mol. The number of hydrogen-bond acceptors (Lipinski definition) is 4. The van der Waals surface area contributed by atoms with Crippen LogP contribution in [0.25, 0.3) is 0 Å². The Balaban J connectivity index is 1.42. The second-order valence-corrected chi connectivity index (χ2v) is 7.05. The minimum absolute atomic E-state index is 0.0191. The van der Waals surface area contributed by atoms with Crippen LogP contribution in [-0.4, -0.2) is 39.7 Å². The normalized spacial score (nSPS) is 19.6. The van der Waals surface area contributed by atoms with Crippen LogP contribution in [0.2, 0.25) is 0 Å². The Bertz CT molecular complexity index is 788. The van der Waals surface area contributed by atoms with Gasteiger partial charge in [-0.1, -0.05) is 12.1 Å². The van der Waals surface area contributed by atoms with Crippen molar-refractivity contribution in [2.24, 2.45) is 0 Å². The van der Waals surface area contributed by atoms with Crippen LogP contribution in [-0.2, 0) is 22.6 Å². The lowest BCUT2D eigenvalue weighted by Gasteiger charge is -2.30. The van der Waals surface area contributed by atoms with Gasteiger partial charge < -0.3 is 14.8 Å². The number of nitrogens with one attached hydrogen (secondary N) is 1. The first-order valence-corrected chi connectivity index (χ1v) is 9.01. The van der Waals surface area contributed by atoms with Crippen LogP contribution in [0.15, 0.2) is 41.6 Å². The van der Waals surface area contributed by atoms with Crippen molar-refractivity contribution in [3.05, 3.63) is 42.5 Å². The molecule has 2 aliphatic heterocycles. The van der Waals surface area contributed by atoms with Crippen molar-refractivity contribution in [2.45, 2.75) is 30.3 Å². The number of amides is 2. The van der Waals surface area contributed by atoms with Gasteiger partial charge in [0.25, 0.3) is 0 Å². The highest BCUT2D eigenvalue weighted by Crippen LogP contribution is 2.34. The van der Waals surface area contributed by atoms with E-state index in [1.807, 2.05) is 30.5 Å². The molecule has 24 heavy (non-hydrogen) atoms. The highest BCUT2D eigenvalue weighted by molar-refractivity contribution is 8.00. The van der Waals surface area contributed by atoms with Gasteiger partial charge in [0.05, 0.1) is 11.4 Å². The third kappa shape index (κ3) is 2.91. The maximum atomic E-state index is 12.4. The second kappa shape index (κ2) is 6.32. The average Bonchev–Trinajstić information content (AvgIpc) is 3.05. The predicted octanol–water partition coefficient (Wildman–Crippen LogP) is 1.45. The molecule has 3 heterocycles. The molecular formula is C17H18N4O2S. The highest BCUT2D eigenvalue weighted by Gasteiger charge is 2.27. The summed E-state index contributed by atoms with van der Waals surface area (Å²) >= 11 is 1.52.